The van der Waals surface area contributed by atoms with Crippen LogP contribution in [0.5, 0.6) is 0 Å². The average Bonchev–Trinajstić information content (AvgIpc) is 2.74. The molecule has 1 aromatic heterocycles. The highest BCUT2D eigenvalue weighted by Crippen LogP contribution is 2.26. The molecule has 0 bridgehead atoms. The first-order valence-electron chi connectivity index (χ1n) is 5.89. The molecule has 1 aliphatic rings. The number of anilines is 3. The molecule has 18 heavy (non-hydrogen) atoms. The van der Waals surface area contributed by atoms with Crippen LogP contribution in [-0.2, 0) is 12.8 Å². The normalized spacial score (nSPS) is 13.4. The molecule has 0 atom stereocenters. The Kier molecular flexibility index (Phi) is 2.91. The minimum atomic E-state index is 0.445. The maximum Gasteiger partial charge on any atom is 0.230 e. The number of nitrogens with two attached hydrogens (primary N) is 1. The van der Waals surface area contributed by atoms with E-state index in [1.807, 2.05) is 0 Å². The third kappa shape index (κ3) is 2.31. The van der Waals surface area contributed by atoms with Gasteiger partial charge in [0.25, 0.3) is 0 Å². The summed E-state index contributed by atoms with van der Waals surface area (Å²) in [7, 11) is 0. The average molecular weight is 305 g/mol. The van der Waals surface area contributed by atoms with Crippen LogP contribution in [0, 0.1) is 0 Å². The summed E-state index contributed by atoms with van der Waals surface area (Å²) >= 11 is 3.30. The molecule has 0 saturated heterocycles. The number of aryl methyl sites for hydroxylation is 2. The van der Waals surface area contributed by atoms with E-state index in [-0.39, 0.29) is 0 Å². The number of aromatic nitrogens is 2. The summed E-state index contributed by atoms with van der Waals surface area (Å²) in [5.41, 5.74) is 9.56. The highest BCUT2D eigenvalue weighted by Gasteiger charge is 2.11. The zero-order valence-corrected chi connectivity index (χ0v) is 11.4. The third-order valence-corrected chi connectivity index (χ3v) is 3.48. The zero-order valence-electron chi connectivity index (χ0n) is 9.78. The molecule has 0 unspecified atom stereocenters. The summed E-state index contributed by atoms with van der Waals surface area (Å²) < 4.78 is 0.679. The van der Waals surface area contributed by atoms with Gasteiger partial charge in [-0.05, 0) is 58.5 Å². The van der Waals surface area contributed by atoms with Gasteiger partial charge in [-0.25, -0.2) is 4.98 Å². The van der Waals surface area contributed by atoms with E-state index in [1.54, 1.807) is 6.07 Å². The fraction of sp³-hybridized carbons (Fsp3) is 0.231. The Labute approximate surface area is 114 Å². The van der Waals surface area contributed by atoms with Crippen molar-refractivity contribution in [3.8, 4) is 0 Å². The summed E-state index contributed by atoms with van der Waals surface area (Å²) in [5, 5.41) is 3.18. The van der Waals surface area contributed by atoms with E-state index in [1.165, 1.54) is 24.0 Å². The summed E-state index contributed by atoms with van der Waals surface area (Å²) in [6.07, 6.45) is 3.60. The van der Waals surface area contributed by atoms with Crippen LogP contribution in [0.25, 0.3) is 0 Å². The number of hydrogen-bond acceptors (Lipinski definition) is 4. The lowest BCUT2D eigenvalue weighted by molar-refractivity contribution is 0.912. The maximum absolute atomic E-state index is 5.68. The van der Waals surface area contributed by atoms with Crippen LogP contribution >= 0.6 is 15.9 Å². The number of fused-ring (bicyclic) bond motifs is 1. The lowest BCUT2D eigenvalue weighted by Crippen LogP contribution is -2.01. The van der Waals surface area contributed by atoms with E-state index in [4.69, 9.17) is 5.73 Å². The Bertz CT molecular complexity index is 577. The van der Waals surface area contributed by atoms with Gasteiger partial charge in [-0.1, -0.05) is 6.07 Å². The molecule has 0 saturated carbocycles. The smallest absolute Gasteiger partial charge is 0.230 e. The Hall–Kier alpha value is -1.62. The molecule has 0 spiro atoms. The van der Waals surface area contributed by atoms with Gasteiger partial charge in [-0.2, -0.15) is 4.98 Å². The molecule has 1 heterocycles. The third-order valence-electron chi connectivity index (χ3n) is 3.07. The molecule has 0 radical (unpaired) electrons. The van der Waals surface area contributed by atoms with E-state index >= 15 is 0 Å². The van der Waals surface area contributed by atoms with E-state index in [0.717, 1.165) is 12.1 Å². The molecule has 5 heteroatoms. The highest BCUT2D eigenvalue weighted by atomic mass is 79.9. The molecule has 92 valence electrons. The first-order valence-corrected chi connectivity index (χ1v) is 6.69. The van der Waals surface area contributed by atoms with E-state index in [2.05, 4.69) is 49.4 Å². The van der Waals surface area contributed by atoms with Crippen LogP contribution in [0.2, 0.25) is 0 Å². The second-order valence-electron chi connectivity index (χ2n) is 4.40. The van der Waals surface area contributed by atoms with Crippen molar-refractivity contribution in [1.82, 2.24) is 9.97 Å². The molecule has 4 nitrogen and oxygen atoms in total. The molecule has 0 fully saturated rings. The Morgan fingerprint density at radius 1 is 1.11 bits per heavy atom. The fourth-order valence-electron chi connectivity index (χ4n) is 2.27. The van der Waals surface area contributed by atoms with Crippen LogP contribution in [0.4, 0.5) is 17.5 Å². The molecule has 0 amide bonds. The van der Waals surface area contributed by atoms with Crippen LogP contribution in [0.1, 0.15) is 17.5 Å². The number of nitrogens with zero attached hydrogens (tertiary/aromatic N) is 2. The SMILES string of the molecule is Nc1cc(Br)nc(Nc2ccc3c(c2)CCC3)n1. The van der Waals surface area contributed by atoms with E-state index in [9.17, 15) is 0 Å². The standard InChI is InChI=1S/C13H13BrN4/c14-11-7-12(15)18-13(17-11)16-10-5-4-8-2-1-3-9(8)6-10/h4-7H,1-3H2,(H3,15,16,17,18). The van der Waals surface area contributed by atoms with Crippen molar-refractivity contribution in [3.05, 3.63) is 40.0 Å². The minimum Gasteiger partial charge on any atom is -0.383 e. The van der Waals surface area contributed by atoms with Crippen molar-refractivity contribution in [3.63, 3.8) is 0 Å². The Balaban J connectivity index is 1.88. The maximum atomic E-state index is 5.68. The van der Waals surface area contributed by atoms with Gasteiger partial charge < -0.3 is 11.1 Å². The molecular formula is C13H13BrN4. The number of nitrogens with one attached hydrogen (secondary N) is 1. The van der Waals surface area contributed by atoms with Crippen molar-refractivity contribution in [2.75, 3.05) is 11.1 Å². The lowest BCUT2D eigenvalue weighted by Gasteiger charge is -2.07. The molecule has 1 aromatic carbocycles. The fourth-order valence-corrected chi connectivity index (χ4v) is 2.67. The van der Waals surface area contributed by atoms with Crippen LogP contribution in [0.3, 0.4) is 0 Å². The summed E-state index contributed by atoms with van der Waals surface area (Å²) in [6.45, 7) is 0. The van der Waals surface area contributed by atoms with Gasteiger partial charge in [0.1, 0.15) is 10.4 Å². The van der Waals surface area contributed by atoms with Gasteiger partial charge in [-0.15, -0.1) is 0 Å². The topological polar surface area (TPSA) is 63.8 Å². The summed E-state index contributed by atoms with van der Waals surface area (Å²) in [6, 6.07) is 8.08. The van der Waals surface area contributed by atoms with E-state index < -0.39 is 0 Å². The summed E-state index contributed by atoms with van der Waals surface area (Å²) in [4.78, 5) is 8.39. The quantitative estimate of drug-likeness (QED) is 0.837. The largest absolute Gasteiger partial charge is 0.383 e. The number of nitrogen functional groups attached to an aromatic ring is 1. The first kappa shape index (κ1) is 11.5. The molecular weight excluding hydrogens is 292 g/mol. The molecule has 2 aromatic rings. The van der Waals surface area contributed by atoms with Crippen molar-refractivity contribution >= 4 is 33.4 Å². The zero-order chi connectivity index (χ0) is 12.5. The van der Waals surface area contributed by atoms with Crippen molar-refractivity contribution in [2.45, 2.75) is 19.3 Å². The number of halogens is 1. The number of hydrogen-bond donors (Lipinski definition) is 2. The van der Waals surface area contributed by atoms with Gasteiger partial charge in [0.2, 0.25) is 5.95 Å². The monoisotopic (exact) mass is 304 g/mol. The van der Waals surface area contributed by atoms with Gasteiger partial charge in [0.15, 0.2) is 0 Å². The van der Waals surface area contributed by atoms with Gasteiger partial charge in [0.05, 0.1) is 0 Å². The van der Waals surface area contributed by atoms with Gasteiger partial charge in [-0.3, -0.25) is 0 Å². The number of benzene rings is 1. The lowest BCUT2D eigenvalue weighted by atomic mass is 10.1. The summed E-state index contributed by atoms with van der Waals surface area (Å²) in [5.74, 6) is 0.959. The molecule has 3 N–H and O–H groups in total. The van der Waals surface area contributed by atoms with Crippen LogP contribution in [0.15, 0.2) is 28.9 Å². The van der Waals surface area contributed by atoms with Gasteiger partial charge in [0, 0.05) is 11.8 Å². The molecule has 3 rings (SSSR count). The predicted molar refractivity (Wildman–Crippen MR) is 75.9 cm³/mol. The first-order chi connectivity index (χ1) is 8.70. The van der Waals surface area contributed by atoms with Crippen LogP contribution < -0.4 is 11.1 Å². The molecule has 1 aliphatic carbocycles. The minimum absolute atomic E-state index is 0.445. The van der Waals surface area contributed by atoms with E-state index in [0.29, 0.717) is 16.4 Å². The number of rotatable bonds is 2. The van der Waals surface area contributed by atoms with Crippen molar-refractivity contribution < 1.29 is 0 Å². The van der Waals surface area contributed by atoms with Crippen molar-refractivity contribution in [1.29, 1.82) is 0 Å². The van der Waals surface area contributed by atoms with Crippen LogP contribution in [-0.4, -0.2) is 9.97 Å². The predicted octanol–water partition coefficient (Wildman–Crippen LogP) is 3.05. The van der Waals surface area contributed by atoms with Crippen molar-refractivity contribution in [2.24, 2.45) is 0 Å². The second-order valence-corrected chi connectivity index (χ2v) is 5.21. The van der Waals surface area contributed by atoms with Gasteiger partial charge >= 0.3 is 0 Å². The molecule has 0 aliphatic heterocycles. The Morgan fingerprint density at radius 3 is 2.78 bits per heavy atom. The Morgan fingerprint density at radius 2 is 1.94 bits per heavy atom. The second kappa shape index (κ2) is 4.57. The highest BCUT2D eigenvalue weighted by molar-refractivity contribution is 9.10.